The average molecular weight is 614 g/mol. The van der Waals surface area contributed by atoms with Gasteiger partial charge in [-0.2, -0.15) is 9.49 Å². The first-order chi connectivity index (χ1) is 21.7. The molecule has 0 saturated heterocycles. The van der Waals surface area contributed by atoms with E-state index in [1.54, 1.807) is 41.9 Å². The number of esters is 1. The molecule has 5 aromatic heterocycles. The van der Waals surface area contributed by atoms with Gasteiger partial charge < -0.3 is 19.8 Å². The average Bonchev–Trinajstić information content (AvgIpc) is 3.82. The van der Waals surface area contributed by atoms with Crippen molar-refractivity contribution in [2.45, 2.75) is 44.0 Å². The molecule has 6 bridgehead atoms. The molecule has 1 aliphatic carbocycles. The van der Waals surface area contributed by atoms with Gasteiger partial charge in [-0.25, -0.2) is 14.6 Å². The predicted octanol–water partition coefficient (Wildman–Crippen LogP) is 3.15. The molecule has 0 radical (unpaired) electrons. The van der Waals surface area contributed by atoms with Crippen molar-refractivity contribution < 1.29 is 23.5 Å². The Bertz CT molecular complexity index is 2260. The van der Waals surface area contributed by atoms with Gasteiger partial charge in [0.1, 0.15) is 11.8 Å². The van der Waals surface area contributed by atoms with Gasteiger partial charge in [-0.05, 0) is 24.1 Å². The fraction of sp³-hybridized carbons (Fsp3) is 0.333. The number of alkyl carbamates (subject to hydrolysis) is 1. The molecule has 230 valence electrons. The smallest absolute Gasteiger partial charge is 0.407 e. The monoisotopic (exact) mass is 613 g/mol. The van der Waals surface area contributed by atoms with Crippen LogP contribution in [0.4, 0.5) is 9.18 Å². The number of aryl methyl sites for hydroxylation is 3. The largest absolute Gasteiger partial charge is 0.460 e. The van der Waals surface area contributed by atoms with Gasteiger partial charge >= 0.3 is 17.8 Å². The maximum Gasteiger partial charge on any atom is 0.407 e. The summed E-state index contributed by atoms with van der Waals surface area (Å²) in [4.78, 5) is 47.4. The summed E-state index contributed by atoms with van der Waals surface area (Å²) < 4.78 is 32.4. The number of carbonyl (C=O) groups excluding carboxylic acids is 2. The van der Waals surface area contributed by atoms with Crippen LogP contribution in [0.2, 0.25) is 0 Å². The molecular weight excluding hydrogens is 585 g/mol. The number of methoxy groups -OCH3 is 1. The molecule has 9 rings (SSSR count). The van der Waals surface area contributed by atoms with Crippen molar-refractivity contribution in [2.75, 3.05) is 7.11 Å². The molecule has 15 heteroatoms. The van der Waals surface area contributed by atoms with Crippen molar-refractivity contribution in [3.8, 4) is 22.4 Å². The van der Waals surface area contributed by atoms with E-state index in [0.29, 0.717) is 39.7 Å². The molecule has 7 heterocycles. The molecule has 3 aliphatic rings. The SMILES string of the molecule is COC(=O)N[C@H]1C[C@H]2C[C@H]1OC(=O)CCn1ncc3cc(ccc31)-c1c(-c3cn(C)nc3F)[nH]c3ncc4c(c13)n2c(=O)n4C. The number of fused-ring (bicyclic) bond motifs is 4. The molecule has 2 N–H and O–H groups in total. The fourth-order valence-corrected chi connectivity index (χ4v) is 6.96. The zero-order chi connectivity index (χ0) is 31.1. The van der Waals surface area contributed by atoms with Crippen LogP contribution in [0.25, 0.3) is 55.4 Å². The number of hydrogen-bond acceptors (Lipinski definition) is 8. The number of rotatable bonds is 2. The Hall–Kier alpha value is -5.47. The highest BCUT2D eigenvalue weighted by Crippen LogP contribution is 2.44. The minimum atomic E-state index is -0.712. The van der Waals surface area contributed by atoms with Crippen molar-refractivity contribution in [1.82, 2.24) is 44.0 Å². The van der Waals surface area contributed by atoms with Crippen molar-refractivity contribution in [3.05, 3.63) is 53.2 Å². The number of halogens is 1. The normalized spacial score (nSPS) is 19.8. The lowest BCUT2D eigenvalue weighted by Gasteiger charge is -2.20. The number of ether oxygens (including phenoxy) is 2. The van der Waals surface area contributed by atoms with E-state index in [9.17, 15) is 14.4 Å². The highest BCUT2D eigenvalue weighted by molar-refractivity contribution is 6.14. The summed E-state index contributed by atoms with van der Waals surface area (Å²) in [5.41, 5.74) is 4.25. The standard InChI is InChI=1S/C30H28FN9O5/c1-37-13-17(27(31)36-37)25-23-14-4-5-19-15(8-14)11-33-39(19)7-6-22(41)45-21-10-16(9-18(21)34-29(42)44-3)40-26-20(38(2)30(40)43)12-32-28(35-25)24(23)26/h4-5,8,11-13,16,18,21H,6-7,9-10H2,1-3H3,(H,32,35)(H,34,42)/t16-,18-,21+/m0/s1. The van der Waals surface area contributed by atoms with Gasteiger partial charge in [-0.3, -0.25) is 23.3 Å². The highest BCUT2D eigenvalue weighted by atomic mass is 19.1. The summed E-state index contributed by atoms with van der Waals surface area (Å²) >= 11 is 0. The van der Waals surface area contributed by atoms with Crippen LogP contribution in [-0.2, 0) is 34.9 Å². The Labute approximate surface area is 253 Å². The van der Waals surface area contributed by atoms with Crippen LogP contribution in [0.3, 0.4) is 0 Å². The lowest BCUT2D eigenvalue weighted by Crippen LogP contribution is -2.42. The number of pyridine rings is 1. The van der Waals surface area contributed by atoms with Crippen molar-refractivity contribution >= 4 is 45.0 Å². The van der Waals surface area contributed by atoms with Crippen LogP contribution in [-0.4, -0.2) is 70.0 Å². The first kappa shape index (κ1) is 27.1. The van der Waals surface area contributed by atoms with Gasteiger partial charge in [0, 0.05) is 43.7 Å². The summed E-state index contributed by atoms with van der Waals surface area (Å²) in [5, 5.41) is 12.7. The molecule has 0 spiro atoms. The number of hydrogen-bond donors (Lipinski definition) is 2. The van der Waals surface area contributed by atoms with E-state index >= 15 is 4.39 Å². The third kappa shape index (κ3) is 4.06. The second-order valence-electron chi connectivity index (χ2n) is 11.6. The Morgan fingerprint density at radius 1 is 1.18 bits per heavy atom. The number of H-pyrrole nitrogens is 1. The number of aromatic nitrogens is 8. The number of benzene rings is 1. The highest BCUT2D eigenvalue weighted by Gasteiger charge is 2.41. The van der Waals surface area contributed by atoms with E-state index in [0.717, 1.165) is 16.5 Å². The lowest BCUT2D eigenvalue weighted by molar-refractivity contribution is -0.150. The van der Waals surface area contributed by atoms with Gasteiger partial charge in [0.15, 0.2) is 0 Å². The molecule has 2 aliphatic heterocycles. The molecule has 1 saturated carbocycles. The van der Waals surface area contributed by atoms with E-state index in [1.807, 2.05) is 18.2 Å². The summed E-state index contributed by atoms with van der Waals surface area (Å²) in [5.74, 6) is -1.10. The van der Waals surface area contributed by atoms with Gasteiger partial charge in [-0.1, -0.05) is 6.07 Å². The van der Waals surface area contributed by atoms with Gasteiger partial charge in [0.25, 0.3) is 0 Å². The maximum atomic E-state index is 15.3. The molecule has 3 atom stereocenters. The molecule has 1 aromatic carbocycles. The second kappa shape index (κ2) is 9.77. The van der Waals surface area contributed by atoms with Crippen molar-refractivity contribution in [1.29, 1.82) is 0 Å². The zero-order valence-electron chi connectivity index (χ0n) is 24.6. The van der Waals surface area contributed by atoms with Crippen LogP contribution in [0.5, 0.6) is 0 Å². The summed E-state index contributed by atoms with van der Waals surface area (Å²) in [6, 6.07) is 4.71. The van der Waals surface area contributed by atoms with Gasteiger partial charge in [0.05, 0.1) is 71.7 Å². The van der Waals surface area contributed by atoms with E-state index in [-0.39, 0.29) is 30.6 Å². The number of carbonyl (C=O) groups is 2. The third-order valence-electron chi connectivity index (χ3n) is 9.00. The summed E-state index contributed by atoms with van der Waals surface area (Å²) in [6.07, 6.45) is 4.17. The number of aromatic amines is 1. The van der Waals surface area contributed by atoms with E-state index in [4.69, 9.17) is 9.47 Å². The summed E-state index contributed by atoms with van der Waals surface area (Å²) in [7, 11) is 4.57. The Morgan fingerprint density at radius 2 is 2.02 bits per heavy atom. The Morgan fingerprint density at radius 3 is 2.80 bits per heavy atom. The molecule has 45 heavy (non-hydrogen) atoms. The second-order valence-corrected chi connectivity index (χ2v) is 11.6. The number of nitrogens with one attached hydrogen (secondary N) is 2. The minimum absolute atomic E-state index is 0.0531. The molecule has 1 fully saturated rings. The maximum absolute atomic E-state index is 15.3. The third-order valence-corrected chi connectivity index (χ3v) is 9.00. The first-order valence-corrected chi connectivity index (χ1v) is 14.5. The lowest BCUT2D eigenvalue weighted by atomic mass is 9.98. The number of amides is 1. The van der Waals surface area contributed by atoms with Crippen LogP contribution < -0.4 is 11.0 Å². The molecule has 14 nitrogen and oxygen atoms in total. The van der Waals surface area contributed by atoms with Crippen LogP contribution in [0.1, 0.15) is 25.3 Å². The molecule has 0 unspecified atom stereocenters. The van der Waals surface area contributed by atoms with Crippen molar-refractivity contribution in [2.24, 2.45) is 14.1 Å². The molecule has 1 amide bonds. The van der Waals surface area contributed by atoms with Crippen LogP contribution >= 0.6 is 0 Å². The van der Waals surface area contributed by atoms with E-state index in [2.05, 4.69) is 25.5 Å². The quantitative estimate of drug-likeness (QED) is 0.282. The summed E-state index contributed by atoms with van der Waals surface area (Å²) in [6.45, 7) is 0.277. The Kier molecular flexibility index (Phi) is 5.88. The predicted molar refractivity (Wildman–Crippen MR) is 160 cm³/mol. The van der Waals surface area contributed by atoms with Gasteiger partial charge in [0.2, 0.25) is 5.95 Å². The minimum Gasteiger partial charge on any atom is -0.460 e. The molecular formula is C30H28FN9O5. The van der Waals surface area contributed by atoms with E-state index in [1.165, 1.54) is 16.4 Å². The van der Waals surface area contributed by atoms with Crippen LogP contribution in [0.15, 0.2) is 41.6 Å². The topological polar surface area (TPSA) is 156 Å². The van der Waals surface area contributed by atoms with Crippen molar-refractivity contribution in [3.63, 3.8) is 0 Å². The van der Waals surface area contributed by atoms with Crippen LogP contribution in [0, 0.1) is 5.95 Å². The molecule has 6 aromatic rings. The first-order valence-electron chi connectivity index (χ1n) is 14.5. The van der Waals surface area contributed by atoms with Gasteiger partial charge in [-0.15, -0.1) is 5.10 Å². The Balaban J connectivity index is 1.46. The fourth-order valence-electron chi connectivity index (χ4n) is 6.96. The van der Waals surface area contributed by atoms with E-state index < -0.39 is 36.2 Å². The number of nitrogens with zero attached hydrogens (tertiary/aromatic N) is 7. The zero-order valence-corrected chi connectivity index (χ0v) is 24.6. The number of imidazole rings is 1.